The lowest BCUT2D eigenvalue weighted by molar-refractivity contribution is 0.0315. The summed E-state index contributed by atoms with van der Waals surface area (Å²) in [6.45, 7) is 0. The van der Waals surface area contributed by atoms with Gasteiger partial charge >= 0.3 is 0 Å². The van der Waals surface area contributed by atoms with Crippen molar-refractivity contribution in [3.05, 3.63) is 29.6 Å². The van der Waals surface area contributed by atoms with E-state index in [1.54, 1.807) is 0 Å². The van der Waals surface area contributed by atoms with Gasteiger partial charge in [-0.15, -0.1) is 0 Å². The van der Waals surface area contributed by atoms with Crippen molar-refractivity contribution in [3.63, 3.8) is 0 Å². The Balaban J connectivity index is 2.89. The zero-order chi connectivity index (χ0) is 10.6. The lowest BCUT2D eigenvalue weighted by Gasteiger charge is -2.14. The summed E-state index contributed by atoms with van der Waals surface area (Å²) >= 11 is 3.04. The second-order valence-electron chi connectivity index (χ2n) is 2.80. The van der Waals surface area contributed by atoms with E-state index in [0.717, 1.165) is 0 Å². The van der Waals surface area contributed by atoms with Crippen LogP contribution in [0.1, 0.15) is 22.2 Å². The van der Waals surface area contributed by atoms with Crippen LogP contribution in [0.3, 0.4) is 0 Å². The number of hydrogen-bond donors (Lipinski definition) is 2. The number of nitrogens with zero attached hydrogens (tertiary/aromatic N) is 1. The molecule has 0 radical (unpaired) electrons. The first-order valence-corrected chi connectivity index (χ1v) is 5.14. The Kier molecular flexibility index (Phi) is 4.19. The second kappa shape index (κ2) is 5.19. The van der Waals surface area contributed by atoms with Crippen LogP contribution in [0.25, 0.3) is 0 Å². The number of carbonyl (C=O) groups excluding carboxylic acids is 1. The molecule has 0 amide bonds. The molecular weight excluding hydrogens is 250 g/mol. The molecule has 0 aromatic carbocycles. The Morgan fingerprint density at radius 3 is 2.86 bits per heavy atom. The van der Waals surface area contributed by atoms with Crippen molar-refractivity contribution < 1.29 is 15.0 Å². The number of aliphatic hydroxyl groups is 2. The molecule has 1 heterocycles. The number of rotatable bonds is 4. The van der Waals surface area contributed by atoms with Gasteiger partial charge in [0.05, 0.1) is 11.8 Å². The number of alkyl halides is 1. The number of carbonyl (C=O) groups is 1. The molecule has 76 valence electrons. The molecule has 0 saturated heterocycles. The zero-order valence-corrected chi connectivity index (χ0v) is 8.89. The van der Waals surface area contributed by atoms with Gasteiger partial charge in [0.15, 0.2) is 0 Å². The number of aliphatic hydroxyl groups excluding tert-OH is 2. The van der Waals surface area contributed by atoms with Crippen molar-refractivity contribution in [2.45, 2.75) is 12.2 Å². The maximum Gasteiger partial charge on any atom is 0.150 e. The first-order valence-electron chi connectivity index (χ1n) is 4.02. The first kappa shape index (κ1) is 11.3. The molecule has 5 heteroatoms. The summed E-state index contributed by atoms with van der Waals surface area (Å²) in [7, 11) is 0. The van der Waals surface area contributed by atoms with Crippen molar-refractivity contribution >= 4 is 22.2 Å². The van der Waals surface area contributed by atoms with Gasteiger partial charge < -0.3 is 10.2 Å². The highest BCUT2D eigenvalue weighted by Gasteiger charge is 2.18. The quantitative estimate of drug-likeness (QED) is 0.617. The topological polar surface area (TPSA) is 70.4 Å². The van der Waals surface area contributed by atoms with Crippen molar-refractivity contribution in [3.8, 4) is 0 Å². The summed E-state index contributed by atoms with van der Waals surface area (Å²) in [5, 5.41) is 19.1. The van der Waals surface area contributed by atoms with Crippen LogP contribution in [0.15, 0.2) is 18.3 Å². The minimum atomic E-state index is -1.07. The fourth-order valence-corrected chi connectivity index (χ4v) is 1.34. The summed E-state index contributed by atoms with van der Waals surface area (Å²) in [5.41, 5.74) is 0.720. The number of pyridine rings is 1. The molecule has 0 spiro atoms. The molecular formula is C9H10BrNO3. The Morgan fingerprint density at radius 2 is 2.29 bits per heavy atom. The smallest absolute Gasteiger partial charge is 0.150 e. The maximum absolute atomic E-state index is 10.4. The van der Waals surface area contributed by atoms with Gasteiger partial charge in [-0.25, -0.2) is 0 Å². The highest BCUT2D eigenvalue weighted by molar-refractivity contribution is 9.09. The van der Waals surface area contributed by atoms with E-state index in [1.165, 1.54) is 18.3 Å². The third-order valence-electron chi connectivity index (χ3n) is 1.77. The minimum absolute atomic E-state index is 0.251. The van der Waals surface area contributed by atoms with Gasteiger partial charge in [0.25, 0.3) is 0 Å². The third kappa shape index (κ3) is 2.60. The van der Waals surface area contributed by atoms with Crippen LogP contribution in [0.4, 0.5) is 0 Å². The van der Waals surface area contributed by atoms with Crippen LogP contribution < -0.4 is 0 Å². The summed E-state index contributed by atoms with van der Waals surface area (Å²) in [5.74, 6) is 0. The monoisotopic (exact) mass is 259 g/mol. The number of aromatic nitrogens is 1. The van der Waals surface area contributed by atoms with Crippen molar-refractivity contribution in [2.24, 2.45) is 0 Å². The molecule has 0 aliphatic heterocycles. The number of aldehydes is 1. The molecule has 1 aromatic rings. The normalized spacial score (nSPS) is 14.8. The highest BCUT2D eigenvalue weighted by Crippen LogP contribution is 2.16. The van der Waals surface area contributed by atoms with Gasteiger partial charge in [0.1, 0.15) is 12.4 Å². The molecule has 1 rings (SSSR count). The predicted molar refractivity (Wildman–Crippen MR) is 54.4 cm³/mol. The standard InChI is InChI=1S/C9H10BrNO3/c10-4-8(13)9(14)7-3-6(5-12)1-2-11-7/h1-3,5,8-9,13-14H,4H2. The van der Waals surface area contributed by atoms with E-state index >= 15 is 0 Å². The number of halogens is 1. The third-order valence-corrected chi connectivity index (χ3v) is 2.43. The molecule has 4 nitrogen and oxygen atoms in total. The summed E-state index contributed by atoms with van der Waals surface area (Å²) in [6.07, 6.45) is 0.0837. The summed E-state index contributed by atoms with van der Waals surface area (Å²) < 4.78 is 0. The molecule has 1 aromatic heterocycles. The molecule has 0 bridgehead atoms. The average Bonchev–Trinajstić information content (AvgIpc) is 2.27. The Morgan fingerprint density at radius 1 is 1.57 bits per heavy atom. The fraction of sp³-hybridized carbons (Fsp3) is 0.333. The molecule has 14 heavy (non-hydrogen) atoms. The lowest BCUT2D eigenvalue weighted by atomic mass is 10.1. The first-order chi connectivity index (χ1) is 6.69. The van der Waals surface area contributed by atoms with Crippen LogP contribution in [-0.2, 0) is 0 Å². The van der Waals surface area contributed by atoms with Crippen LogP contribution in [0, 0.1) is 0 Å². The van der Waals surface area contributed by atoms with Gasteiger partial charge in [0, 0.05) is 17.1 Å². The van der Waals surface area contributed by atoms with Gasteiger partial charge in [-0.1, -0.05) is 15.9 Å². The van der Waals surface area contributed by atoms with Gasteiger partial charge in [-0.3, -0.25) is 9.78 Å². The summed E-state index contributed by atoms with van der Waals surface area (Å²) in [4.78, 5) is 14.3. The molecule has 0 aliphatic rings. The molecule has 0 saturated carbocycles. The van der Waals surface area contributed by atoms with E-state index < -0.39 is 12.2 Å². The van der Waals surface area contributed by atoms with Crippen molar-refractivity contribution in [1.29, 1.82) is 0 Å². The van der Waals surface area contributed by atoms with Crippen LogP contribution >= 0.6 is 15.9 Å². The van der Waals surface area contributed by atoms with E-state index in [9.17, 15) is 15.0 Å². The van der Waals surface area contributed by atoms with Crippen LogP contribution in [-0.4, -0.2) is 32.9 Å². The minimum Gasteiger partial charge on any atom is -0.389 e. The largest absolute Gasteiger partial charge is 0.389 e. The molecule has 0 fully saturated rings. The fourth-order valence-electron chi connectivity index (χ4n) is 0.982. The number of hydrogen-bond acceptors (Lipinski definition) is 4. The predicted octanol–water partition coefficient (Wildman–Crippen LogP) is 0.683. The Hall–Kier alpha value is -0.780. The average molecular weight is 260 g/mol. The van der Waals surface area contributed by atoms with E-state index in [1.807, 2.05) is 0 Å². The molecule has 2 atom stereocenters. The van der Waals surface area contributed by atoms with E-state index in [-0.39, 0.29) is 5.33 Å². The van der Waals surface area contributed by atoms with E-state index in [4.69, 9.17) is 0 Å². The molecule has 0 aliphatic carbocycles. The van der Waals surface area contributed by atoms with Gasteiger partial charge in [0.2, 0.25) is 0 Å². The van der Waals surface area contributed by atoms with Gasteiger partial charge in [-0.2, -0.15) is 0 Å². The van der Waals surface area contributed by atoms with Gasteiger partial charge in [-0.05, 0) is 12.1 Å². The summed E-state index contributed by atoms with van der Waals surface area (Å²) in [6, 6.07) is 2.98. The van der Waals surface area contributed by atoms with E-state index in [2.05, 4.69) is 20.9 Å². The van der Waals surface area contributed by atoms with Crippen molar-refractivity contribution in [2.75, 3.05) is 5.33 Å². The van der Waals surface area contributed by atoms with Crippen molar-refractivity contribution in [1.82, 2.24) is 4.98 Å². The van der Waals surface area contributed by atoms with Crippen LogP contribution in [0.5, 0.6) is 0 Å². The Labute approximate surface area is 89.7 Å². The second-order valence-corrected chi connectivity index (χ2v) is 3.45. The lowest BCUT2D eigenvalue weighted by Crippen LogP contribution is -2.20. The SMILES string of the molecule is O=Cc1ccnc(C(O)C(O)CBr)c1. The van der Waals surface area contributed by atoms with E-state index in [0.29, 0.717) is 17.5 Å². The highest BCUT2D eigenvalue weighted by atomic mass is 79.9. The van der Waals surface area contributed by atoms with Crippen LogP contribution in [0.2, 0.25) is 0 Å². The maximum atomic E-state index is 10.4. The zero-order valence-electron chi connectivity index (χ0n) is 7.30. The Bertz CT molecular complexity index is 319. The molecule has 2 unspecified atom stereocenters. The molecule has 2 N–H and O–H groups in total.